The molecule has 0 saturated heterocycles. The van der Waals surface area contributed by atoms with Crippen molar-refractivity contribution >= 4 is 55.3 Å². The molecule has 0 aliphatic rings. The van der Waals surface area contributed by atoms with Crippen molar-refractivity contribution in [1.82, 2.24) is 9.13 Å². The van der Waals surface area contributed by atoms with E-state index in [1.807, 2.05) is 18.2 Å². The van der Waals surface area contributed by atoms with Gasteiger partial charge < -0.3 is 13.9 Å². The summed E-state index contributed by atoms with van der Waals surface area (Å²) in [6.07, 6.45) is 4.89. The minimum absolute atomic E-state index is 0.369. The maximum Gasteiger partial charge on any atom is 0.338 e. The molecule has 2 heterocycles. The summed E-state index contributed by atoms with van der Waals surface area (Å²) in [5, 5.41) is 3.00. The van der Waals surface area contributed by atoms with Crippen molar-refractivity contribution in [3.8, 4) is 0 Å². The number of hydrogen-bond donors (Lipinski definition) is 0. The Morgan fingerprint density at radius 3 is 1.84 bits per heavy atom. The van der Waals surface area contributed by atoms with Crippen LogP contribution in [0.2, 0.25) is 5.02 Å². The molecular formula is C39H32BrClN2O2. The van der Waals surface area contributed by atoms with E-state index in [2.05, 4.69) is 135 Å². The van der Waals surface area contributed by atoms with E-state index in [0.717, 1.165) is 28.7 Å². The zero-order valence-electron chi connectivity index (χ0n) is 24.9. The highest BCUT2D eigenvalue weighted by Crippen LogP contribution is 2.25. The second kappa shape index (κ2) is 14.0. The van der Waals surface area contributed by atoms with E-state index in [4.69, 9.17) is 16.3 Å². The average Bonchev–Trinajstić information content (AvgIpc) is 3.65. The molecule has 0 fully saturated rings. The second-order valence-electron chi connectivity index (χ2n) is 10.9. The molecule has 0 atom stereocenters. The quantitative estimate of drug-likeness (QED) is 0.158. The van der Waals surface area contributed by atoms with Gasteiger partial charge in [0, 0.05) is 46.0 Å². The van der Waals surface area contributed by atoms with Gasteiger partial charge in [0.15, 0.2) is 0 Å². The van der Waals surface area contributed by atoms with Crippen LogP contribution in [0.25, 0.3) is 21.8 Å². The average molecular weight is 676 g/mol. The third-order valence-electron chi connectivity index (χ3n) is 7.84. The molecule has 45 heavy (non-hydrogen) atoms. The summed E-state index contributed by atoms with van der Waals surface area (Å²) in [4.78, 5) is 12.1. The minimum Gasteiger partial charge on any atom is -0.465 e. The fraction of sp³-hybridized carbons (Fsp3) is 0.103. The normalized spacial score (nSPS) is 10.9. The second-order valence-corrected chi connectivity index (χ2v) is 12.3. The van der Waals surface area contributed by atoms with E-state index in [1.54, 1.807) is 12.1 Å². The third-order valence-corrected chi connectivity index (χ3v) is 8.57. The first-order valence-electron chi connectivity index (χ1n) is 14.7. The lowest BCUT2D eigenvalue weighted by atomic mass is 9.99. The molecule has 0 N–H and O–H groups in total. The molecule has 5 aromatic carbocycles. The Balaban J connectivity index is 0.000000179. The molecule has 4 nitrogen and oxygen atoms in total. The maximum absolute atomic E-state index is 12.1. The van der Waals surface area contributed by atoms with Gasteiger partial charge in [0.05, 0.1) is 12.7 Å². The van der Waals surface area contributed by atoms with Crippen LogP contribution in [-0.2, 0) is 24.2 Å². The van der Waals surface area contributed by atoms with Gasteiger partial charge in [-0.05, 0) is 81.9 Å². The Labute approximate surface area is 276 Å². The standard InChI is InChI=1S/C24H20ClNO2.C15H12BrN/c1-28-24(27)22-15-21(25)10-9-20(22)13-18-7-8-19-11-12-26(23(19)14-18)16-17-5-3-2-4-6-17;16-14-7-6-13-8-9-17(15(13)10-14)11-12-4-2-1-3-5-12/h2-12,14-15H,13,16H2,1H3;1-10H,11H2. The minimum atomic E-state index is -0.369. The Bertz CT molecular complexity index is 2070. The van der Waals surface area contributed by atoms with Crippen LogP contribution in [0.1, 0.15) is 32.6 Å². The van der Waals surface area contributed by atoms with Gasteiger partial charge >= 0.3 is 5.97 Å². The molecule has 0 radical (unpaired) electrons. The molecule has 0 saturated carbocycles. The number of fused-ring (bicyclic) bond motifs is 2. The fourth-order valence-electron chi connectivity index (χ4n) is 5.56. The highest BCUT2D eigenvalue weighted by molar-refractivity contribution is 9.10. The molecule has 6 heteroatoms. The number of nitrogens with zero attached hydrogens (tertiary/aromatic N) is 2. The summed E-state index contributed by atoms with van der Waals surface area (Å²) in [5.41, 5.74) is 7.57. The zero-order chi connectivity index (χ0) is 31.2. The first-order valence-corrected chi connectivity index (χ1v) is 15.9. The zero-order valence-corrected chi connectivity index (χ0v) is 27.2. The van der Waals surface area contributed by atoms with Crippen LogP contribution < -0.4 is 0 Å². The summed E-state index contributed by atoms with van der Waals surface area (Å²) in [5.74, 6) is -0.369. The highest BCUT2D eigenvalue weighted by Gasteiger charge is 2.14. The molecular weight excluding hydrogens is 644 g/mol. The monoisotopic (exact) mass is 674 g/mol. The predicted molar refractivity (Wildman–Crippen MR) is 188 cm³/mol. The van der Waals surface area contributed by atoms with E-state index >= 15 is 0 Å². The molecule has 7 rings (SSSR count). The lowest BCUT2D eigenvalue weighted by Crippen LogP contribution is -2.06. The third kappa shape index (κ3) is 7.39. The summed E-state index contributed by atoms with van der Waals surface area (Å²) >= 11 is 9.59. The number of methoxy groups -OCH3 is 1. The molecule has 0 aliphatic heterocycles. The molecule has 0 spiro atoms. The van der Waals surface area contributed by atoms with Gasteiger partial charge in [-0.2, -0.15) is 0 Å². The summed E-state index contributed by atoms with van der Waals surface area (Å²) < 4.78 is 10.6. The molecule has 0 unspecified atom stereocenters. The van der Waals surface area contributed by atoms with Crippen molar-refractivity contribution in [2.75, 3.05) is 7.11 Å². The molecule has 7 aromatic rings. The van der Waals surface area contributed by atoms with Gasteiger partial charge in [-0.15, -0.1) is 0 Å². The smallest absolute Gasteiger partial charge is 0.338 e. The Hall–Kier alpha value is -4.58. The first kappa shape index (κ1) is 30.4. The maximum atomic E-state index is 12.1. The van der Waals surface area contributed by atoms with Crippen LogP contribution in [-0.4, -0.2) is 22.2 Å². The molecule has 0 bridgehead atoms. The molecule has 2 aromatic heterocycles. The van der Waals surface area contributed by atoms with Gasteiger partial charge in [0.1, 0.15) is 0 Å². The van der Waals surface area contributed by atoms with E-state index in [0.29, 0.717) is 17.0 Å². The van der Waals surface area contributed by atoms with Crippen molar-refractivity contribution < 1.29 is 9.53 Å². The predicted octanol–water partition coefficient (Wildman–Crippen LogP) is 10.2. The largest absolute Gasteiger partial charge is 0.465 e. The van der Waals surface area contributed by atoms with E-state index in [1.165, 1.54) is 40.0 Å². The lowest BCUT2D eigenvalue weighted by molar-refractivity contribution is 0.0599. The fourth-order valence-corrected chi connectivity index (χ4v) is 6.08. The van der Waals surface area contributed by atoms with Gasteiger partial charge in [-0.3, -0.25) is 0 Å². The van der Waals surface area contributed by atoms with Crippen LogP contribution >= 0.6 is 27.5 Å². The Morgan fingerprint density at radius 2 is 1.24 bits per heavy atom. The SMILES string of the molecule is Brc1ccc2ccn(Cc3ccccc3)c2c1.COC(=O)c1cc(Cl)ccc1Cc1ccc2ccn(Cc3ccccc3)c2c1. The van der Waals surface area contributed by atoms with Crippen molar-refractivity contribution in [3.05, 3.63) is 177 Å². The number of aromatic nitrogens is 2. The summed E-state index contributed by atoms with van der Waals surface area (Å²) in [6.45, 7) is 1.74. The van der Waals surface area contributed by atoms with Crippen molar-refractivity contribution in [3.63, 3.8) is 0 Å². The van der Waals surface area contributed by atoms with Gasteiger partial charge in [0.25, 0.3) is 0 Å². The van der Waals surface area contributed by atoms with Crippen molar-refractivity contribution in [2.24, 2.45) is 0 Å². The number of carbonyl (C=O) groups excluding carboxylic acids is 1. The summed E-state index contributed by atoms with van der Waals surface area (Å²) in [7, 11) is 1.38. The van der Waals surface area contributed by atoms with E-state index in [-0.39, 0.29) is 5.97 Å². The Kier molecular flexibility index (Phi) is 9.49. The summed E-state index contributed by atoms with van der Waals surface area (Å²) in [6, 6.07) is 43.4. The van der Waals surface area contributed by atoms with Crippen molar-refractivity contribution in [1.29, 1.82) is 0 Å². The number of rotatable bonds is 7. The van der Waals surface area contributed by atoms with Crippen LogP contribution in [0.15, 0.2) is 144 Å². The van der Waals surface area contributed by atoms with Crippen molar-refractivity contribution in [2.45, 2.75) is 19.5 Å². The number of carbonyl (C=O) groups is 1. The first-order chi connectivity index (χ1) is 22.0. The van der Waals surface area contributed by atoms with E-state index < -0.39 is 0 Å². The number of esters is 1. The number of ether oxygens (including phenoxy) is 1. The van der Waals surface area contributed by atoms with Crippen LogP contribution in [0.4, 0.5) is 0 Å². The molecule has 0 amide bonds. The van der Waals surface area contributed by atoms with Gasteiger partial charge in [0.2, 0.25) is 0 Å². The number of hydrogen-bond acceptors (Lipinski definition) is 2. The van der Waals surface area contributed by atoms with Gasteiger partial charge in [-0.1, -0.05) is 112 Å². The lowest BCUT2D eigenvalue weighted by Gasteiger charge is -2.10. The highest BCUT2D eigenvalue weighted by atomic mass is 79.9. The van der Waals surface area contributed by atoms with Gasteiger partial charge in [-0.25, -0.2) is 4.79 Å². The van der Waals surface area contributed by atoms with Crippen LogP contribution in [0, 0.1) is 0 Å². The van der Waals surface area contributed by atoms with Crippen LogP contribution in [0.5, 0.6) is 0 Å². The Morgan fingerprint density at radius 1 is 0.667 bits per heavy atom. The number of halogens is 2. The molecule has 0 aliphatic carbocycles. The van der Waals surface area contributed by atoms with E-state index in [9.17, 15) is 4.79 Å². The topological polar surface area (TPSA) is 36.2 Å². The molecule has 224 valence electrons. The number of benzene rings is 5. The van der Waals surface area contributed by atoms with Crippen LogP contribution in [0.3, 0.4) is 0 Å².